The largest absolute Gasteiger partial charge is 0.479 e. The lowest BCUT2D eigenvalue weighted by Crippen LogP contribution is -2.43. The molecular weight excluding hydrogens is 466 g/mol. The summed E-state index contributed by atoms with van der Waals surface area (Å²) in [6.45, 7) is 2.03. The number of pyridine rings is 1. The molecule has 3 aliphatic heterocycles. The summed E-state index contributed by atoms with van der Waals surface area (Å²) in [7, 11) is 0. The molecule has 0 saturated carbocycles. The van der Waals surface area contributed by atoms with Crippen LogP contribution in [0.15, 0.2) is 24.4 Å². The number of hydrogen-bond acceptors (Lipinski definition) is 5. The number of imide groups is 1. The first-order valence-corrected chi connectivity index (χ1v) is 12.9. The molecule has 1 aromatic carbocycles. The third kappa shape index (κ3) is 4.10. The van der Waals surface area contributed by atoms with Crippen LogP contribution in [0, 0.1) is 5.92 Å². The van der Waals surface area contributed by atoms with E-state index in [4.69, 9.17) is 16.3 Å². The first kappa shape index (κ1) is 22.5. The molecule has 1 aromatic heterocycles. The van der Waals surface area contributed by atoms with Crippen LogP contribution in [0.1, 0.15) is 48.9 Å². The van der Waals surface area contributed by atoms with Crippen molar-refractivity contribution in [3.63, 3.8) is 0 Å². The number of amides is 3. The van der Waals surface area contributed by atoms with Gasteiger partial charge in [0.15, 0.2) is 6.10 Å². The number of nitrogens with zero attached hydrogens (tertiary/aromatic N) is 3. The number of carbonyl (C=O) groups is 3. The first-order valence-electron chi connectivity index (χ1n) is 12.6. The van der Waals surface area contributed by atoms with E-state index in [1.165, 1.54) is 11.3 Å². The lowest BCUT2D eigenvalue weighted by atomic mass is 9.95. The van der Waals surface area contributed by atoms with E-state index >= 15 is 0 Å². The molecule has 35 heavy (non-hydrogen) atoms. The molecule has 0 bridgehead atoms. The molecule has 0 N–H and O–H groups in total. The minimum Gasteiger partial charge on any atom is -0.479 e. The highest BCUT2D eigenvalue weighted by Crippen LogP contribution is 2.44. The Balaban J connectivity index is 1.27. The molecule has 2 aromatic rings. The van der Waals surface area contributed by atoms with E-state index in [1.807, 2.05) is 23.1 Å². The van der Waals surface area contributed by atoms with Gasteiger partial charge < -0.3 is 9.64 Å². The molecule has 2 atom stereocenters. The highest BCUT2D eigenvalue weighted by molar-refractivity contribution is 6.31. The molecule has 2 saturated heterocycles. The Hall–Kier alpha value is -2.93. The average molecular weight is 494 g/mol. The molecule has 8 heteroatoms. The van der Waals surface area contributed by atoms with Crippen molar-refractivity contribution in [2.75, 3.05) is 19.6 Å². The number of rotatable bonds is 4. The van der Waals surface area contributed by atoms with Gasteiger partial charge in [0, 0.05) is 66.9 Å². The second-order valence-corrected chi connectivity index (χ2v) is 10.5. The summed E-state index contributed by atoms with van der Waals surface area (Å²) in [5, 5.41) is 0.613. The van der Waals surface area contributed by atoms with Gasteiger partial charge in [-0.2, -0.15) is 0 Å². The van der Waals surface area contributed by atoms with E-state index in [2.05, 4.69) is 4.98 Å². The van der Waals surface area contributed by atoms with Gasteiger partial charge in [-0.3, -0.25) is 24.3 Å². The molecule has 2 fully saturated rings. The van der Waals surface area contributed by atoms with Crippen LogP contribution in [0.5, 0.6) is 5.75 Å². The monoisotopic (exact) mass is 493 g/mol. The number of fused-ring (bicyclic) bond motifs is 2. The van der Waals surface area contributed by atoms with Crippen molar-refractivity contribution in [1.29, 1.82) is 0 Å². The van der Waals surface area contributed by atoms with Crippen LogP contribution in [0.2, 0.25) is 5.02 Å². The van der Waals surface area contributed by atoms with Crippen LogP contribution in [0.4, 0.5) is 0 Å². The van der Waals surface area contributed by atoms with Gasteiger partial charge in [0.1, 0.15) is 5.75 Å². The highest BCUT2D eigenvalue weighted by atomic mass is 35.5. The summed E-state index contributed by atoms with van der Waals surface area (Å²) in [4.78, 5) is 45.3. The Bertz CT molecular complexity index is 1210. The molecule has 6 rings (SSSR count). The van der Waals surface area contributed by atoms with Crippen molar-refractivity contribution in [3.05, 3.63) is 46.2 Å². The van der Waals surface area contributed by atoms with Gasteiger partial charge >= 0.3 is 0 Å². The predicted molar refractivity (Wildman–Crippen MR) is 130 cm³/mol. The van der Waals surface area contributed by atoms with Crippen LogP contribution in [0.3, 0.4) is 0 Å². The third-order valence-electron chi connectivity index (χ3n) is 7.74. The fourth-order valence-corrected chi connectivity index (χ4v) is 6.26. The second kappa shape index (κ2) is 8.94. The Morgan fingerprint density at radius 1 is 1.03 bits per heavy atom. The predicted octanol–water partition coefficient (Wildman–Crippen LogP) is 3.58. The summed E-state index contributed by atoms with van der Waals surface area (Å²) in [6.07, 6.45) is 7.12. The van der Waals surface area contributed by atoms with E-state index in [0.29, 0.717) is 30.8 Å². The Morgan fingerprint density at radius 3 is 2.57 bits per heavy atom. The van der Waals surface area contributed by atoms with Crippen molar-refractivity contribution in [3.8, 4) is 16.9 Å². The zero-order chi connectivity index (χ0) is 24.1. The number of carbonyl (C=O) groups excluding carboxylic acids is 3. The molecule has 1 aliphatic carbocycles. The minimum absolute atomic E-state index is 0.0583. The topological polar surface area (TPSA) is 79.8 Å². The summed E-state index contributed by atoms with van der Waals surface area (Å²) in [5.74, 6) is 0.773. The van der Waals surface area contributed by atoms with Gasteiger partial charge in [-0.05, 0) is 67.3 Å². The van der Waals surface area contributed by atoms with Gasteiger partial charge in [0.2, 0.25) is 11.8 Å². The quantitative estimate of drug-likeness (QED) is 0.608. The number of piperidine rings is 1. The van der Waals surface area contributed by atoms with Crippen LogP contribution in [-0.2, 0) is 33.6 Å². The number of ether oxygens (including phenoxy) is 1. The van der Waals surface area contributed by atoms with Crippen molar-refractivity contribution < 1.29 is 19.1 Å². The number of halogens is 1. The fourth-order valence-electron chi connectivity index (χ4n) is 6.02. The maximum absolute atomic E-state index is 13.1. The van der Waals surface area contributed by atoms with Crippen molar-refractivity contribution >= 4 is 29.3 Å². The number of likely N-dealkylation sites (tertiary alicyclic amines) is 2. The van der Waals surface area contributed by atoms with E-state index in [1.54, 1.807) is 6.20 Å². The van der Waals surface area contributed by atoms with E-state index in [-0.39, 0.29) is 23.6 Å². The van der Waals surface area contributed by atoms with Crippen molar-refractivity contribution in [2.45, 2.75) is 57.5 Å². The standard InChI is InChI=1S/C27H28ClN3O4/c28-18-12-17-13-23(27(34)30-8-2-1-3-9-30)35-26(17)21(14-18)19-6-7-29-22-11-16(10-20(19)22)15-31-24(32)4-5-25(31)33/h6-7,12,14,16,23H,1-5,8-11,13,15H2. The summed E-state index contributed by atoms with van der Waals surface area (Å²) >= 11 is 6.53. The zero-order valence-corrected chi connectivity index (χ0v) is 20.4. The lowest BCUT2D eigenvalue weighted by molar-refractivity contribution is -0.140. The molecule has 4 aliphatic rings. The molecule has 3 amide bonds. The Labute approximate surface area is 209 Å². The molecule has 0 radical (unpaired) electrons. The molecular formula is C27H28ClN3O4. The SMILES string of the molecule is O=C(C1Cc2cc(Cl)cc(-c3ccnc4c3CC(CN3C(=O)CCC3=O)C4)c2O1)N1CCCCC1. The average Bonchev–Trinajstić information content (AvgIpc) is 3.56. The lowest BCUT2D eigenvalue weighted by Gasteiger charge is -2.28. The molecule has 182 valence electrons. The van der Waals surface area contributed by atoms with Crippen molar-refractivity contribution in [1.82, 2.24) is 14.8 Å². The highest BCUT2D eigenvalue weighted by Gasteiger charge is 2.37. The van der Waals surface area contributed by atoms with Gasteiger partial charge in [-0.15, -0.1) is 0 Å². The molecule has 0 spiro atoms. The summed E-state index contributed by atoms with van der Waals surface area (Å²) in [5.41, 5.74) is 4.93. The van der Waals surface area contributed by atoms with Crippen LogP contribution in [-0.4, -0.2) is 58.2 Å². The van der Waals surface area contributed by atoms with Crippen LogP contribution >= 0.6 is 11.6 Å². The van der Waals surface area contributed by atoms with Gasteiger partial charge in [-0.25, -0.2) is 0 Å². The molecule has 4 heterocycles. The fraction of sp³-hybridized carbons (Fsp3) is 0.481. The molecule has 2 unspecified atom stereocenters. The summed E-state index contributed by atoms with van der Waals surface area (Å²) in [6, 6.07) is 5.78. The van der Waals surface area contributed by atoms with E-state index in [0.717, 1.165) is 72.5 Å². The van der Waals surface area contributed by atoms with Crippen molar-refractivity contribution in [2.24, 2.45) is 5.92 Å². The third-order valence-corrected chi connectivity index (χ3v) is 7.96. The Kier molecular flexibility index (Phi) is 5.75. The Morgan fingerprint density at radius 2 is 1.80 bits per heavy atom. The maximum Gasteiger partial charge on any atom is 0.263 e. The van der Waals surface area contributed by atoms with Crippen LogP contribution in [0.25, 0.3) is 11.1 Å². The second-order valence-electron chi connectivity index (χ2n) is 10.1. The van der Waals surface area contributed by atoms with E-state index < -0.39 is 6.10 Å². The van der Waals surface area contributed by atoms with Gasteiger partial charge in [0.05, 0.1) is 0 Å². The minimum atomic E-state index is -0.518. The number of hydrogen-bond donors (Lipinski definition) is 0. The van der Waals surface area contributed by atoms with Gasteiger partial charge in [0.25, 0.3) is 5.91 Å². The van der Waals surface area contributed by atoms with E-state index in [9.17, 15) is 14.4 Å². The summed E-state index contributed by atoms with van der Waals surface area (Å²) < 4.78 is 6.32. The normalized spacial score (nSPS) is 23.5. The smallest absolute Gasteiger partial charge is 0.263 e. The number of benzene rings is 1. The van der Waals surface area contributed by atoms with Crippen LogP contribution < -0.4 is 4.74 Å². The molecule has 7 nitrogen and oxygen atoms in total. The zero-order valence-electron chi connectivity index (χ0n) is 19.6. The maximum atomic E-state index is 13.1. The number of aromatic nitrogens is 1. The van der Waals surface area contributed by atoms with Gasteiger partial charge in [-0.1, -0.05) is 11.6 Å². The first-order chi connectivity index (χ1) is 17.0.